The summed E-state index contributed by atoms with van der Waals surface area (Å²) >= 11 is 0. The number of benzene rings is 2. The smallest absolute Gasteiger partial charge is 0.254 e. The highest BCUT2D eigenvalue weighted by atomic mass is 16.2. The Bertz CT molecular complexity index is 909. The number of hydrogen-bond acceptors (Lipinski definition) is 1. The lowest BCUT2D eigenvalue weighted by Crippen LogP contribution is -2.44. The second kappa shape index (κ2) is 4.23. The van der Waals surface area contributed by atoms with E-state index in [4.69, 9.17) is 0 Å². The fraction of sp³-hybridized carbons (Fsp3) is 0.211. The van der Waals surface area contributed by atoms with Crippen LogP contribution in [-0.4, -0.2) is 22.3 Å². The van der Waals surface area contributed by atoms with Crippen molar-refractivity contribution in [2.75, 3.05) is 6.54 Å². The molecule has 0 aliphatic carbocycles. The van der Waals surface area contributed by atoms with Gasteiger partial charge in [0.25, 0.3) is 5.91 Å². The summed E-state index contributed by atoms with van der Waals surface area (Å²) in [6.07, 6.45) is 1.84. The zero-order chi connectivity index (χ0) is 14.7. The van der Waals surface area contributed by atoms with Crippen LogP contribution in [0, 0.1) is 0 Å². The zero-order valence-corrected chi connectivity index (χ0v) is 12.2. The first kappa shape index (κ1) is 12.0. The summed E-state index contributed by atoms with van der Waals surface area (Å²) in [5.74, 6) is 0.177. The number of nitrogens with one attached hydrogen (secondary N) is 1. The molecule has 0 saturated carbocycles. The summed E-state index contributed by atoms with van der Waals surface area (Å²) in [4.78, 5) is 18.4. The average molecular weight is 288 g/mol. The van der Waals surface area contributed by atoms with Crippen LogP contribution in [0.1, 0.15) is 33.2 Å². The van der Waals surface area contributed by atoms with E-state index in [0.717, 1.165) is 24.9 Å². The Labute approximate surface area is 128 Å². The van der Waals surface area contributed by atoms with Crippen molar-refractivity contribution in [2.24, 2.45) is 0 Å². The largest absolute Gasteiger partial charge is 0.356 e. The standard InChI is InChI=1S/C19H16N2O/c22-19-13-6-2-1-5-12(13)11-17-18-15(9-10-21(17)19)14-7-3-4-8-16(14)20-18/h1-8,17,20H,9-11H2. The molecule has 0 radical (unpaired) electrons. The molecule has 2 aliphatic heterocycles. The Morgan fingerprint density at radius 1 is 1.05 bits per heavy atom. The van der Waals surface area contributed by atoms with Gasteiger partial charge in [0.15, 0.2) is 0 Å². The molecule has 2 aromatic carbocycles. The van der Waals surface area contributed by atoms with Crippen molar-refractivity contribution >= 4 is 16.8 Å². The van der Waals surface area contributed by atoms with Gasteiger partial charge in [0.2, 0.25) is 0 Å². The van der Waals surface area contributed by atoms with Crippen LogP contribution in [0.4, 0.5) is 0 Å². The van der Waals surface area contributed by atoms with Crippen LogP contribution in [0.2, 0.25) is 0 Å². The fourth-order valence-electron chi connectivity index (χ4n) is 4.04. The van der Waals surface area contributed by atoms with Gasteiger partial charge in [-0.05, 0) is 36.1 Å². The van der Waals surface area contributed by atoms with E-state index >= 15 is 0 Å². The number of aromatic amines is 1. The highest BCUT2D eigenvalue weighted by molar-refractivity contribution is 5.98. The molecule has 0 spiro atoms. The normalized spacial score (nSPS) is 19.7. The van der Waals surface area contributed by atoms with Gasteiger partial charge in [-0.3, -0.25) is 4.79 Å². The van der Waals surface area contributed by atoms with Gasteiger partial charge in [0.05, 0.1) is 6.04 Å². The number of amides is 1. The number of rotatable bonds is 0. The van der Waals surface area contributed by atoms with Crippen molar-refractivity contribution in [3.63, 3.8) is 0 Å². The predicted molar refractivity (Wildman–Crippen MR) is 85.9 cm³/mol. The van der Waals surface area contributed by atoms with Gasteiger partial charge < -0.3 is 9.88 Å². The first-order valence-electron chi connectivity index (χ1n) is 7.81. The van der Waals surface area contributed by atoms with Gasteiger partial charge >= 0.3 is 0 Å². The predicted octanol–water partition coefficient (Wildman–Crippen LogP) is 3.46. The second-order valence-electron chi connectivity index (χ2n) is 6.19. The van der Waals surface area contributed by atoms with Crippen LogP contribution in [0.5, 0.6) is 0 Å². The number of carbonyl (C=O) groups is 1. The Morgan fingerprint density at radius 3 is 2.82 bits per heavy atom. The van der Waals surface area contributed by atoms with Crippen LogP contribution in [0.25, 0.3) is 10.9 Å². The molecule has 1 amide bonds. The van der Waals surface area contributed by atoms with E-state index in [2.05, 4.69) is 35.3 Å². The molecular weight excluding hydrogens is 272 g/mol. The lowest BCUT2D eigenvalue weighted by molar-refractivity contribution is 0.0628. The average Bonchev–Trinajstić information content (AvgIpc) is 2.94. The zero-order valence-electron chi connectivity index (χ0n) is 12.2. The third kappa shape index (κ3) is 1.48. The van der Waals surface area contributed by atoms with Crippen LogP contribution in [0.3, 0.4) is 0 Å². The number of para-hydroxylation sites is 1. The van der Waals surface area contributed by atoms with Gasteiger partial charge in [-0.15, -0.1) is 0 Å². The highest BCUT2D eigenvalue weighted by Crippen LogP contribution is 2.40. The Hall–Kier alpha value is -2.55. The monoisotopic (exact) mass is 288 g/mol. The number of aromatic nitrogens is 1. The molecule has 3 nitrogen and oxygen atoms in total. The molecular formula is C19H16N2O. The number of carbonyl (C=O) groups excluding carboxylic acids is 1. The van der Waals surface area contributed by atoms with Crippen molar-refractivity contribution in [3.8, 4) is 0 Å². The SMILES string of the molecule is O=C1c2ccccc2CC2c3[nH]c4ccccc4c3CCN12. The first-order chi connectivity index (χ1) is 10.8. The number of hydrogen-bond donors (Lipinski definition) is 1. The second-order valence-corrected chi connectivity index (χ2v) is 6.19. The van der Waals surface area contributed by atoms with E-state index in [1.807, 2.05) is 23.1 Å². The third-order valence-electron chi connectivity index (χ3n) is 5.08. The van der Waals surface area contributed by atoms with E-state index in [1.54, 1.807) is 0 Å². The molecule has 0 bridgehead atoms. The molecule has 3 aromatic rings. The summed E-state index contributed by atoms with van der Waals surface area (Å²) in [5, 5.41) is 1.31. The van der Waals surface area contributed by atoms with Gasteiger partial charge in [0, 0.05) is 28.7 Å². The molecule has 0 saturated heterocycles. The minimum absolute atomic E-state index is 0.151. The Kier molecular flexibility index (Phi) is 2.31. The van der Waals surface area contributed by atoms with E-state index in [0.29, 0.717) is 0 Å². The first-order valence-corrected chi connectivity index (χ1v) is 7.81. The van der Waals surface area contributed by atoms with Gasteiger partial charge in [-0.1, -0.05) is 36.4 Å². The number of nitrogens with zero attached hydrogens (tertiary/aromatic N) is 1. The maximum Gasteiger partial charge on any atom is 0.254 e. The van der Waals surface area contributed by atoms with Crippen LogP contribution in [-0.2, 0) is 12.8 Å². The van der Waals surface area contributed by atoms with Gasteiger partial charge in [-0.2, -0.15) is 0 Å². The summed E-state index contributed by atoms with van der Waals surface area (Å²) in [5.41, 5.74) is 5.85. The molecule has 3 heterocycles. The molecule has 22 heavy (non-hydrogen) atoms. The lowest BCUT2D eigenvalue weighted by Gasteiger charge is -2.39. The van der Waals surface area contributed by atoms with Gasteiger partial charge in [0.1, 0.15) is 0 Å². The Balaban J connectivity index is 1.71. The highest BCUT2D eigenvalue weighted by Gasteiger charge is 2.38. The third-order valence-corrected chi connectivity index (χ3v) is 5.08. The van der Waals surface area contributed by atoms with Crippen LogP contribution in [0.15, 0.2) is 48.5 Å². The molecule has 2 aliphatic rings. The summed E-state index contributed by atoms with van der Waals surface area (Å²) in [6, 6.07) is 16.6. The molecule has 1 atom stereocenters. The quantitative estimate of drug-likeness (QED) is 0.675. The molecule has 1 unspecified atom stereocenters. The molecule has 0 fully saturated rings. The minimum atomic E-state index is 0.151. The van der Waals surface area contributed by atoms with Gasteiger partial charge in [-0.25, -0.2) is 0 Å². The van der Waals surface area contributed by atoms with Crippen molar-refractivity contribution < 1.29 is 4.79 Å². The summed E-state index contributed by atoms with van der Waals surface area (Å²) < 4.78 is 0. The molecule has 1 aromatic heterocycles. The lowest BCUT2D eigenvalue weighted by atomic mass is 9.87. The maximum absolute atomic E-state index is 12.8. The summed E-state index contributed by atoms with van der Waals surface area (Å²) in [7, 11) is 0. The van der Waals surface area contributed by atoms with E-state index in [-0.39, 0.29) is 11.9 Å². The molecule has 1 N–H and O–H groups in total. The fourth-order valence-corrected chi connectivity index (χ4v) is 4.04. The van der Waals surface area contributed by atoms with E-state index in [1.165, 1.54) is 27.7 Å². The molecule has 5 rings (SSSR count). The van der Waals surface area contributed by atoms with Crippen molar-refractivity contribution in [1.82, 2.24) is 9.88 Å². The number of fused-ring (bicyclic) bond motifs is 6. The van der Waals surface area contributed by atoms with E-state index < -0.39 is 0 Å². The molecule has 3 heteroatoms. The van der Waals surface area contributed by atoms with Crippen molar-refractivity contribution in [1.29, 1.82) is 0 Å². The van der Waals surface area contributed by atoms with E-state index in [9.17, 15) is 4.79 Å². The topological polar surface area (TPSA) is 36.1 Å². The van der Waals surface area contributed by atoms with Crippen molar-refractivity contribution in [2.45, 2.75) is 18.9 Å². The Morgan fingerprint density at radius 2 is 1.86 bits per heavy atom. The van der Waals surface area contributed by atoms with Crippen molar-refractivity contribution in [3.05, 3.63) is 70.9 Å². The number of H-pyrrole nitrogens is 1. The van der Waals surface area contributed by atoms with Crippen LogP contribution < -0.4 is 0 Å². The molecule has 108 valence electrons. The maximum atomic E-state index is 12.8. The minimum Gasteiger partial charge on any atom is -0.356 e. The van der Waals surface area contributed by atoms with Crippen LogP contribution >= 0.6 is 0 Å². The summed E-state index contributed by atoms with van der Waals surface area (Å²) in [6.45, 7) is 0.812.